The SMILES string of the molecule is O=C(NCC(O)c1ccccc1)C(C(F)(F)F)C(F)(F)F. The summed E-state index contributed by atoms with van der Waals surface area (Å²) < 4.78 is 73.6. The maximum absolute atomic E-state index is 12.3. The number of carbonyl (C=O) groups excluding carboxylic acids is 1. The average molecular weight is 315 g/mol. The van der Waals surface area contributed by atoms with E-state index in [2.05, 4.69) is 0 Å². The van der Waals surface area contributed by atoms with Crippen molar-refractivity contribution in [3.63, 3.8) is 0 Å². The number of benzene rings is 1. The first-order valence-electron chi connectivity index (χ1n) is 5.67. The van der Waals surface area contributed by atoms with Crippen molar-refractivity contribution in [2.24, 2.45) is 5.92 Å². The first kappa shape index (κ1) is 17.3. The van der Waals surface area contributed by atoms with E-state index < -0.39 is 36.8 Å². The molecule has 1 aromatic carbocycles. The lowest BCUT2D eigenvalue weighted by Gasteiger charge is -2.22. The summed E-state index contributed by atoms with van der Waals surface area (Å²) in [7, 11) is 0. The number of rotatable bonds is 4. The summed E-state index contributed by atoms with van der Waals surface area (Å²) in [6.07, 6.45) is -12.9. The fourth-order valence-electron chi connectivity index (χ4n) is 1.58. The zero-order valence-corrected chi connectivity index (χ0v) is 10.4. The molecule has 1 unspecified atom stereocenters. The van der Waals surface area contributed by atoms with Crippen LogP contribution in [0.25, 0.3) is 0 Å². The highest BCUT2D eigenvalue weighted by molar-refractivity contribution is 5.80. The minimum absolute atomic E-state index is 0.258. The number of alkyl halides is 6. The van der Waals surface area contributed by atoms with Gasteiger partial charge in [0.15, 0.2) is 0 Å². The minimum atomic E-state index is -5.75. The standard InChI is InChI=1S/C12H11F6NO2/c13-11(14,15)9(12(16,17)18)10(21)19-6-8(20)7-4-2-1-3-5-7/h1-5,8-9,20H,6H2,(H,19,21). The van der Waals surface area contributed by atoms with Crippen molar-refractivity contribution in [2.75, 3.05) is 6.54 Å². The Kier molecular flexibility index (Phi) is 5.21. The first-order valence-corrected chi connectivity index (χ1v) is 5.67. The Morgan fingerprint density at radius 1 is 1.05 bits per heavy atom. The van der Waals surface area contributed by atoms with Crippen LogP contribution in [0, 0.1) is 5.92 Å². The van der Waals surface area contributed by atoms with Gasteiger partial charge < -0.3 is 10.4 Å². The molecule has 1 amide bonds. The topological polar surface area (TPSA) is 49.3 Å². The molecule has 0 fully saturated rings. The highest BCUT2D eigenvalue weighted by Crippen LogP contribution is 2.39. The molecular weight excluding hydrogens is 304 g/mol. The van der Waals surface area contributed by atoms with Gasteiger partial charge in [-0.05, 0) is 5.56 Å². The summed E-state index contributed by atoms with van der Waals surface area (Å²) >= 11 is 0. The van der Waals surface area contributed by atoms with E-state index in [9.17, 15) is 36.2 Å². The number of halogens is 6. The van der Waals surface area contributed by atoms with E-state index in [4.69, 9.17) is 0 Å². The van der Waals surface area contributed by atoms with Crippen molar-refractivity contribution >= 4 is 5.91 Å². The lowest BCUT2D eigenvalue weighted by Crippen LogP contribution is -2.48. The van der Waals surface area contributed by atoms with Crippen molar-refractivity contribution < 1.29 is 36.2 Å². The molecule has 1 rings (SSSR count). The Hall–Kier alpha value is -1.77. The minimum Gasteiger partial charge on any atom is -0.387 e. The van der Waals surface area contributed by atoms with Crippen molar-refractivity contribution in [2.45, 2.75) is 18.5 Å². The largest absolute Gasteiger partial charge is 0.409 e. The molecule has 0 saturated carbocycles. The van der Waals surface area contributed by atoms with Crippen LogP contribution in [0.2, 0.25) is 0 Å². The number of amides is 1. The van der Waals surface area contributed by atoms with Gasteiger partial charge in [-0.1, -0.05) is 30.3 Å². The quantitative estimate of drug-likeness (QED) is 0.839. The Labute approximate surface area is 115 Å². The highest BCUT2D eigenvalue weighted by atomic mass is 19.4. The Morgan fingerprint density at radius 3 is 1.95 bits per heavy atom. The first-order chi connectivity index (χ1) is 9.53. The molecule has 0 spiro atoms. The summed E-state index contributed by atoms with van der Waals surface area (Å²) in [5.41, 5.74) is 0.258. The molecule has 0 heterocycles. The van der Waals surface area contributed by atoms with E-state index in [1.807, 2.05) is 0 Å². The summed E-state index contributed by atoms with van der Waals surface area (Å²) in [5.74, 6) is -6.36. The number of nitrogens with one attached hydrogen (secondary N) is 1. The van der Waals surface area contributed by atoms with Crippen LogP contribution < -0.4 is 5.32 Å². The Morgan fingerprint density at radius 2 is 1.52 bits per heavy atom. The molecule has 118 valence electrons. The summed E-state index contributed by atoms with van der Waals surface area (Å²) in [4.78, 5) is 11.1. The van der Waals surface area contributed by atoms with E-state index in [1.54, 1.807) is 6.07 Å². The predicted molar refractivity (Wildman–Crippen MR) is 60.0 cm³/mol. The van der Waals surface area contributed by atoms with Gasteiger partial charge in [-0.3, -0.25) is 4.79 Å². The second kappa shape index (κ2) is 6.33. The molecule has 1 aromatic rings. The van der Waals surface area contributed by atoms with Crippen LogP contribution in [-0.4, -0.2) is 29.9 Å². The molecule has 0 radical (unpaired) electrons. The van der Waals surface area contributed by atoms with Gasteiger partial charge in [0.2, 0.25) is 11.8 Å². The average Bonchev–Trinajstić information content (AvgIpc) is 2.33. The van der Waals surface area contributed by atoms with Gasteiger partial charge in [0.05, 0.1) is 6.10 Å². The number of carbonyl (C=O) groups is 1. The fraction of sp³-hybridized carbons (Fsp3) is 0.417. The predicted octanol–water partition coefficient (Wildman–Crippen LogP) is 2.58. The van der Waals surface area contributed by atoms with Crippen LogP contribution in [-0.2, 0) is 4.79 Å². The van der Waals surface area contributed by atoms with Crippen molar-refractivity contribution in [3.05, 3.63) is 35.9 Å². The highest BCUT2D eigenvalue weighted by Gasteiger charge is 2.61. The number of aliphatic hydroxyl groups is 1. The van der Waals surface area contributed by atoms with E-state index >= 15 is 0 Å². The van der Waals surface area contributed by atoms with Crippen LogP contribution in [0.4, 0.5) is 26.3 Å². The Balaban J connectivity index is 2.71. The molecule has 0 bridgehead atoms. The normalized spacial score (nSPS) is 14.1. The van der Waals surface area contributed by atoms with Crippen molar-refractivity contribution in [1.29, 1.82) is 0 Å². The number of hydrogen-bond acceptors (Lipinski definition) is 2. The van der Waals surface area contributed by atoms with Crippen LogP contribution in [0.5, 0.6) is 0 Å². The monoisotopic (exact) mass is 315 g/mol. The third kappa shape index (κ3) is 4.92. The number of aliphatic hydroxyl groups excluding tert-OH is 1. The van der Waals surface area contributed by atoms with E-state index in [0.29, 0.717) is 0 Å². The lowest BCUT2D eigenvalue weighted by molar-refractivity contribution is -0.274. The summed E-state index contributed by atoms with van der Waals surface area (Å²) in [6, 6.07) is 7.49. The zero-order chi connectivity index (χ0) is 16.3. The van der Waals surface area contributed by atoms with E-state index in [1.165, 1.54) is 29.6 Å². The fourth-order valence-corrected chi connectivity index (χ4v) is 1.58. The van der Waals surface area contributed by atoms with Crippen LogP contribution in [0.3, 0.4) is 0 Å². The van der Waals surface area contributed by atoms with Gasteiger partial charge in [0.25, 0.3) is 0 Å². The molecule has 0 aliphatic carbocycles. The third-order valence-electron chi connectivity index (χ3n) is 2.57. The molecule has 2 N–H and O–H groups in total. The van der Waals surface area contributed by atoms with Crippen LogP contribution in [0.1, 0.15) is 11.7 Å². The molecule has 0 aliphatic rings. The Bertz CT molecular complexity index is 457. The molecule has 1 atom stereocenters. The van der Waals surface area contributed by atoms with E-state index in [-0.39, 0.29) is 5.56 Å². The van der Waals surface area contributed by atoms with E-state index in [0.717, 1.165) is 0 Å². The van der Waals surface area contributed by atoms with Crippen molar-refractivity contribution in [3.8, 4) is 0 Å². The summed E-state index contributed by atoms with van der Waals surface area (Å²) in [6.45, 7) is -0.758. The molecular formula is C12H11F6NO2. The van der Waals surface area contributed by atoms with Gasteiger partial charge in [-0.25, -0.2) is 0 Å². The van der Waals surface area contributed by atoms with Crippen LogP contribution >= 0.6 is 0 Å². The van der Waals surface area contributed by atoms with Crippen LogP contribution in [0.15, 0.2) is 30.3 Å². The summed E-state index contributed by atoms with van der Waals surface area (Å²) in [5, 5.41) is 11.0. The van der Waals surface area contributed by atoms with Crippen molar-refractivity contribution in [1.82, 2.24) is 5.32 Å². The third-order valence-corrected chi connectivity index (χ3v) is 2.57. The molecule has 3 nitrogen and oxygen atoms in total. The van der Waals surface area contributed by atoms with Gasteiger partial charge in [0.1, 0.15) is 0 Å². The lowest BCUT2D eigenvalue weighted by atomic mass is 10.1. The van der Waals surface area contributed by atoms with Gasteiger partial charge >= 0.3 is 12.4 Å². The maximum atomic E-state index is 12.3. The van der Waals surface area contributed by atoms with Gasteiger partial charge in [0, 0.05) is 6.54 Å². The zero-order valence-electron chi connectivity index (χ0n) is 10.4. The molecule has 9 heteroatoms. The molecule has 21 heavy (non-hydrogen) atoms. The molecule has 0 aromatic heterocycles. The van der Waals surface area contributed by atoms with Gasteiger partial charge in [-0.15, -0.1) is 0 Å². The van der Waals surface area contributed by atoms with Gasteiger partial charge in [-0.2, -0.15) is 26.3 Å². The molecule has 0 saturated heterocycles. The second-order valence-corrected chi connectivity index (χ2v) is 4.19. The second-order valence-electron chi connectivity index (χ2n) is 4.19. The maximum Gasteiger partial charge on any atom is 0.409 e. The smallest absolute Gasteiger partial charge is 0.387 e. The number of hydrogen-bond donors (Lipinski definition) is 2. The molecule has 0 aliphatic heterocycles.